The molecule has 10 heteroatoms. The maximum atomic E-state index is 13.8. The number of hydrogen-bond acceptors (Lipinski definition) is 5. The normalized spacial score (nSPS) is 14.6. The molecule has 3 rings (SSSR count). The average Bonchev–Trinajstić information content (AvgIpc) is 2.86. The third-order valence-electron chi connectivity index (χ3n) is 4.37. The van der Waals surface area contributed by atoms with Crippen LogP contribution in [0.1, 0.15) is 33.2 Å². The van der Waals surface area contributed by atoms with Gasteiger partial charge in [-0.2, -0.15) is 0 Å². The number of hydrogen-bond donors (Lipinski definition) is 2. The van der Waals surface area contributed by atoms with E-state index in [4.69, 9.17) is 0 Å². The molecule has 2 aromatic rings. The van der Waals surface area contributed by atoms with Crippen LogP contribution in [0.3, 0.4) is 0 Å². The van der Waals surface area contributed by atoms with Gasteiger partial charge in [0.2, 0.25) is 15.9 Å². The summed E-state index contributed by atoms with van der Waals surface area (Å²) in [6.45, 7) is 3.18. The Morgan fingerprint density at radius 3 is 2.38 bits per heavy atom. The summed E-state index contributed by atoms with van der Waals surface area (Å²) in [5.74, 6) is -2.66. The largest absolute Gasteiger partial charge is 0.324 e. The van der Waals surface area contributed by atoms with Crippen LogP contribution in [0, 0.1) is 12.7 Å². The molecule has 0 fully saturated rings. The summed E-state index contributed by atoms with van der Waals surface area (Å²) in [4.78, 5) is 38.6. The first-order chi connectivity index (χ1) is 13.5. The van der Waals surface area contributed by atoms with Crippen LogP contribution < -0.4 is 10.0 Å². The fourth-order valence-electron chi connectivity index (χ4n) is 2.97. The first kappa shape index (κ1) is 20.5. The van der Waals surface area contributed by atoms with Gasteiger partial charge in [0.05, 0.1) is 23.1 Å². The van der Waals surface area contributed by atoms with Gasteiger partial charge in [-0.05, 0) is 44.2 Å². The van der Waals surface area contributed by atoms with Crippen molar-refractivity contribution in [3.05, 3.63) is 58.9 Å². The lowest BCUT2D eigenvalue weighted by Gasteiger charge is -2.22. The molecule has 1 aliphatic heterocycles. The van der Waals surface area contributed by atoms with Crippen LogP contribution in [-0.2, 0) is 14.8 Å². The number of sulfonamides is 1. The number of nitrogens with one attached hydrogen (secondary N) is 2. The van der Waals surface area contributed by atoms with Crippen LogP contribution >= 0.6 is 0 Å². The van der Waals surface area contributed by atoms with Gasteiger partial charge < -0.3 is 5.32 Å². The Morgan fingerprint density at radius 1 is 1.07 bits per heavy atom. The number of anilines is 2. The molecular formula is C19H18FN3O5S. The predicted octanol–water partition coefficient (Wildman–Crippen LogP) is 2.13. The van der Waals surface area contributed by atoms with E-state index < -0.39 is 39.6 Å². The number of nitrogens with zero attached hydrogens (tertiary/aromatic N) is 1. The number of fused-ring (bicyclic) bond motifs is 1. The minimum Gasteiger partial charge on any atom is -0.324 e. The zero-order valence-corrected chi connectivity index (χ0v) is 16.6. The summed E-state index contributed by atoms with van der Waals surface area (Å²) in [7, 11) is -3.72. The van der Waals surface area contributed by atoms with Gasteiger partial charge in [-0.3, -0.25) is 24.0 Å². The molecule has 29 heavy (non-hydrogen) atoms. The summed E-state index contributed by atoms with van der Waals surface area (Å²) in [6.07, 6.45) is 0.865. The molecule has 0 bridgehead atoms. The number of rotatable bonds is 5. The zero-order valence-electron chi connectivity index (χ0n) is 15.8. The van der Waals surface area contributed by atoms with Gasteiger partial charge in [-0.25, -0.2) is 12.8 Å². The highest BCUT2D eigenvalue weighted by Crippen LogP contribution is 2.27. The summed E-state index contributed by atoms with van der Waals surface area (Å²) < 4.78 is 38.4. The van der Waals surface area contributed by atoms with Gasteiger partial charge in [-0.15, -0.1) is 0 Å². The van der Waals surface area contributed by atoms with E-state index >= 15 is 0 Å². The molecule has 1 unspecified atom stereocenters. The number of aryl methyl sites for hydroxylation is 1. The van der Waals surface area contributed by atoms with Gasteiger partial charge in [-0.1, -0.05) is 11.6 Å². The Labute approximate surface area is 166 Å². The lowest BCUT2D eigenvalue weighted by molar-refractivity contribution is -0.119. The Morgan fingerprint density at radius 2 is 1.72 bits per heavy atom. The first-order valence-corrected chi connectivity index (χ1v) is 10.4. The van der Waals surface area contributed by atoms with Crippen LogP contribution in [0.2, 0.25) is 0 Å². The van der Waals surface area contributed by atoms with Crippen LogP contribution in [0.25, 0.3) is 0 Å². The quantitative estimate of drug-likeness (QED) is 0.721. The van der Waals surface area contributed by atoms with E-state index in [0.717, 1.165) is 28.9 Å². The predicted molar refractivity (Wildman–Crippen MR) is 105 cm³/mol. The van der Waals surface area contributed by atoms with Crippen LogP contribution in [0.5, 0.6) is 0 Å². The molecule has 2 aromatic carbocycles. The lowest BCUT2D eigenvalue weighted by Crippen LogP contribution is -2.45. The molecule has 1 aliphatic rings. The van der Waals surface area contributed by atoms with Gasteiger partial charge in [0.1, 0.15) is 11.9 Å². The molecule has 0 radical (unpaired) electrons. The van der Waals surface area contributed by atoms with E-state index in [1.165, 1.54) is 13.0 Å². The molecule has 0 saturated heterocycles. The second kappa shape index (κ2) is 7.28. The maximum Gasteiger partial charge on any atom is 0.262 e. The third-order valence-corrected chi connectivity index (χ3v) is 4.96. The molecule has 0 saturated carbocycles. The summed E-state index contributed by atoms with van der Waals surface area (Å²) in [6, 6.07) is 7.01. The van der Waals surface area contributed by atoms with Crippen LogP contribution in [-0.4, -0.2) is 43.3 Å². The average molecular weight is 419 g/mol. The van der Waals surface area contributed by atoms with Crippen molar-refractivity contribution in [2.24, 2.45) is 0 Å². The fraction of sp³-hybridized carbons (Fsp3) is 0.211. The molecule has 8 nitrogen and oxygen atoms in total. The SMILES string of the molecule is Cc1ccc2c(c1)C(=O)N(C(C)C(=O)Nc1ccc(F)c(NS(C)(=O)=O)c1)C2=O. The number of benzene rings is 2. The van der Waals surface area contributed by atoms with E-state index in [-0.39, 0.29) is 22.5 Å². The van der Waals surface area contributed by atoms with E-state index in [9.17, 15) is 27.2 Å². The minimum absolute atomic E-state index is 0.0989. The van der Waals surface area contributed by atoms with E-state index in [1.54, 1.807) is 25.1 Å². The molecule has 0 spiro atoms. The van der Waals surface area contributed by atoms with Crippen molar-refractivity contribution >= 4 is 39.1 Å². The molecule has 3 amide bonds. The molecular weight excluding hydrogens is 401 g/mol. The van der Waals surface area contributed by atoms with E-state index in [2.05, 4.69) is 5.32 Å². The molecule has 1 atom stereocenters. The second-order valence-corrected chi connectivity index (χ2v) is 8.51. The number of amides is 3. The van der Waals surface area contributed by atoms with Crippen molar-refractivity contribution in [1.82, 2.24) is 4.90 Å². The van der Waals surface area contributed by atoms with Gasteiger partial charge in [0, 0.05) is 5.69 Å². The number of halogens is 1. The molecule has 0 aliphatic carbocycles. The van der Waals surface area contributed by atoms with Gasteiger partial charge in [0.15, 0.2) is 0 Å². The van der Waals surface area contributed by atoms with E-state index in [0.29, 0.717) is 0 Å². The van der Waals surface area contributed by atoms with Crippen LogP contribution in [0.15, 0.2) is 36.4 Å². The second-order valence-electron chi connectivity index (χ2n) is 6.76. The van der Waals surface area contributed by atoms with Crippen molar-refractivity contribution in [3.63, 3.8) is 0 Å². The van der Waals surface area contributed by atoms with E-state index in [1.807, 2.05) is 4.72 Å². The van der Waals surface area contributed by atoms with Crippen molar-refractivity contribution in [1.29, 1.82) is 0 Å². The van der Waals surface area contributed by atoms with Gasteiger partial charge in [0.25, 0.3) is 11.8 Å². The summed E-state index contributed by atoms with van der Waals surface area (Å²) >= 11 is 0. The van der Waals surface area contributed by atoms with Crippen molar-refractivity contribution in [3.8, 4) is 0 Å². The molecule has 152 valence electrons. The minimum atomic E-state index is -3.72. The summed E-state index contributed by atoms with van der Waals surface area (Å²) in [5.41, 5.74) is 1.02. The third kappa shape index (κ3) is 4.11. The number of carbonyl (C=O) groups excluding carboxylic acids is 3. The van der Waals surface area contributed by atoms with Crippen LogP contribution in [0.4, 0.5) is 15.8 Å². The topological polar surface area (TPSA) is 113 Å². The van der Waals surface area contributed by atoms with Crippen molar-refractivity contribution in [2.45, 2.75) is 19.9 Å². The Kier molecular flexibility index (Phi) is 5.14. The number of carbonyl (C=O) groups is 3. The fourth-order valence-corrected chi connectivity index (χ4v) is 3.53. The first-order valence-electron chi connectivity index (χ1n) is 8.54. The summed E-state index contributed by atoms with van der Waals surface area (Å²) in [5, 5.41) is 2.46. The lowest BCUT2D eigenvalue weighted by atomic mass is 10.1. The van der Waals surface area contributed by atoms with Crippen molar-refractivity contribution in [2.75, 3.05) is 16.3 Å². The standard InChI is InChI=1S/C19H18FN3O5S/c1-10-4-6-13-14(8-10)19(26)23(18(13)25)11(2)17(24)21-12-5-7-15(20)16(9-12)22-29(3,27)28/h4-9,11,22H,1-3H3,(H,21,24). The number of imide groups is 1. The smallest absolute Gasteiger partial charge is 0.262 e. The molecule has 1 heterocycles. The molecule has 0 aromatic heterocycles. The Bertz CT molecular complexity index is 1150. The highest BCUT2D eigenvalue weighted by molar-refractivity contribution is 7.92. The Balaban J connectivity index is 1.81. The zero-order chi connectivity index (χ0) is 21.5. The van der Waals surface area contributed by atoms with Crippen molar-refractivity contribution < 1.29 is 27.2 Å². The highest BCUT2D eigenvalue weighted by atomic mass is 32.2. The van der Waals surface area contributed by atoms with Gasteiger partial charge >= 0.3 is 0 Å². The monoisotopic (exact) mass is 419 g/mol. The maximum absolute atomic E-state index is 13.8. The highest BCUT2D eigenvalue weighted by Gasteiger charge is 2.40. The molecule has 2 N–H and O–H groups in total. The Hall–Kier alpha value is -3.27.